The number of aliphatic hydroxyl groups excluding tert-OH is 2. The average molecular weight is 213 g/mol. The molecule has 0 radical (unpaired) electrons. The lowest BCUT2D eigenvalue weighted by molar-refractivity contribution is -0.385. The summed E-state index contributed by atoms with van der Waals surface area (Å²) in [6, 6.07) is 2.19. The summed E-state index contributed by atoms with van der Waals surface area (Å²) in [5.74, 6) is 0.369. The Morgan fingerprint density at radius 2 is 2.13 bits per heavy atom. The molecule has 0 fully saturated rings. The Hall–Kier alpha value is -1.73. The van der Waals surface area contributed by atoms with Gasteiger partial charge >= 0.3 is 0 Å². The van der Waals surface area contributed by atoms with E-state index in [1.807, 2.05) is 0 Å². The minimum Gasteiger partial charge on any atom is -0.394 e. The number of nitrogens with one attached hydrogen (secondary N) is 1. The summed E-state index contributed by atoms with van der Waals surface area (Å²) in [5, 5.41) is 30.6. The van der Waals surface area contributed by atoms with Gasteiger partial charge in [-0.1, -0.05) is 0 Å². The first-order chi connectivity index (χ1) is 7.17. The van der Waals surface area contributed by atoms with Gasteiger partial charge in [0.1, 0.15) is 12.0 Å². The van der Waals surface area contributed by atoms with E-state index in [-0.39, 0.29) is 18.9 Å². The molecule has 7 heteroatoms. The van der Waals surface area contributed by atoms with Crippen molar-refractivity contribution in [1.29, 1.82) is 0 Å². The Morgan fingerprint density at radius 3 is 2.53 bits per heavy atom. The molecule has 3 N–H and O–H groups in total. The maximum Gasteiger partial charge on any atom is 0.287 e. The Kier molecular flexibility index (Phi) is 3.95. The lowest BCUT2D eigenvalue weighted by Gasteiger charge is -2.13. The molecule has 0 bridgehead atoms. The van der Waals surface area contributed by atoms with E-state index in [0.717, 1.165) is 6.20 Å². The predicted molar refractivity (Wildman–Crippen MR) is 52.5 cm³/mol. The van der Waals surface area contributed by atoms with Crippen LogP contribution in [0.4, 0.5) is 11.5 Å². The molecule has 0 aliphatic rings. The van der Waals surface area contributed by atoms with Gasteiger partial charge in [-0.05, 0) is 6.07 Å². The Balaban J connectivity index is 2.67. The molecular formula is C8H11N3O4. The van der Waals surface area contributed by atoms with Gasteiger partial charge in [-0.2, -0.15) is 0 Å². The number of nitrogens with zero attached hydrogens (tertiary/aromatic N) is 2. The van der Waals surface area contributed by atoms with Gasteiger partial charge in [-0.15, -0.1) is 0 Å². The van der Waals surface area contributed by atoms with E-state index in [4.69, 9.17) is 10.2 Å². The number of hydrogen-bond donors (Lipinski definition) is 3. The number of rotatable bonds is 5. The lowest BCUT2D eigenvalue weighted by atomic mass is 10.3. The third-order valence-corrected chi connectivity index (χ3v) is 1.75. The molecule has 15 heavy (non-hydrogen) atoms. The second-order valence-electron chi connectivity index (χ2n) is 2.87. The smallest absolute Gasteiger partial charge is 0.287 e. The first-order valence-electron chi connectivity index (χ1n) is 4.26. The van der Waals surface area contributed by atoms with E-state index in [1.54, 1.807) is 0 Å². The fraction of sp³-hybridized carbons (Fsp3) is 0.375. The number of anilines is 1. The fourth-order valence-electron chi connectivity index (χ4n) is 0.938. The molecule has 1 rings (SSSR count). The van der Waals surface area contributed by atoms with Crippen LogP contribution in [-0.4, -0.2) is 39.4 Å². The number of aliphatic hydroxyl groups is 2. The molecule has 0 aliphatic carbocycles. The van der Waals surface area contributed by atoms with Crippen molar-refractivity contribution < 1.29 is 15.1 Å². The highest BCUT2D eigenvalue weighted by Crippen LogP contribution is 2.12. The van der Waals surface area contributed by atoms with Gasteiger partial charge in [0, 0.05) is 6.07 Å². The zero-order valence-electron chi connectivity index (χ0n) is 7.83. The van der Waals surface area contributed by atoms with Gasteiger partial charge in [0.2, 0.25) is 0 Å². The van der Waals surface area contributed by atoms with Gasteiger partial charge in [0.05, 0.1) is 24.2 Å². The second-order valence-corrected chi connectivity index (χ2v) is 2.87. The zero-order valence-corrected chi connectivity index (χ0v) is 7.83. The molecule has 0 saturated carbocycles. The first kappa shape index (κ1) is 11.3. The van der Waals surface area contributed by atoms with E-state index in [1.165, 1.54) is 12.1 Å². The summed E-state index contributed by atoms with van der Waals surface area (Å²) in [7, 11) is 0. The van der Waals surface area contributed by atoms with Gasteiger partial charge in [0.15, 0.2) is 0 Å². The van der Waals surface area contributed by atoms with Gasteiger partial charge in [-0.25, -0.2) is 4.98 Å². The Morgan fingerprint density at radius 1 is 1.47 bits per heavy atom. The lowest BCUT2D eigenvalue weighted by Crippen LogP contribution is -2.28. The first-order valence-corrected chi connectivity index (χ1v) is 4.26. The minimum absolute atomic E-state index is 0.106. The molecule has 0 aromatic carbocycles. The highest BCUT2D eigenvalue weighted by Gasteiger charge is 2.08. The van der Waals surface area contributed by atoms with Crippen LogP contribution in [0.25, 0.3) is 0 Å². The quantitative estimate of drug-likeness (QED) is 0.460. The van der Waals surface area contributed by atoms with Crippen molar-refractivity contribution >= 4 is 11.5 Å². The molecule has 7 nitrogen and oxygen atoms in total. The van der Waals surface area contributed by atoms with Crippen LogP contribution in [-0.2, 0) is 0 Å². The number of nitro groups is 1. The summed E-state index contributed by atoms with van der Waals surface area (Å²) >= 11 is 0. The van der Waals surface area contributed by atoms with Crippen LogP contribution in [0, 0.1) is 10.1 Å². The van der Waals surface area contributed by atoms with E-state index in [9.17, 15) is 10.1 Å². The summed E-state index contributed by atoms with van der Waals surface area (Å²) in [6.45, 7) is -0.482. The van der Waals surface area contributed by atoms with Crippen molar-refractivity contribution in [2.75, 3.05) is 18.5 Å². The van der Waals surface area contributed by atoms with Crippen LogP contribution in [0.1, 0.15) is 0 Å². The number of hydrogen-bond acceptors (Lipinski definition) is 6. The summed E-state index contributed by atoms with van der Waals surface area (Å²) in [5.41, 5.74) is -0.106. The molecule has 1 aromatic heterocycles. The van der Waals surface area contributed by atoms with Crippen molar-refractivity contribution in [3.8, 4) is 0 Å². The van der Waals surface area contributed by atoms with Crippen molar-refractivity contribution in [2.24, 2.45) is 0 Å². The predicted octanol–water partition coefficient (Wildman–Crippen LogP) is -0.245. The molecule has 1 heterocycles. The van der Waals surface area contributed by atoms with E-state index < -0.39 is 11.0 Å². The third kappa shape index (κ3) is 3.15. The van der Waals surface area contributed by atoms with Crippen LogP contribution in [0.2, 0.25) is 0 Å². The fourth-order valence-corrected chi connectivity index (χ4v) is 0.938. The van der Waals surface area contributed by atoms with Crippen molar-refractivity contribution in [1.82, 2.24) is 4.98 Å². The number of pyridine rings is 1. The molecule has 0 atom stereocenters. The van der Waals surface area contributed by atoms with Crippen molar-refractivity contribution in [2.45, 2.75) is 6.04 Å². The van der Waals surface area contributed by atoms with Crippen LogP contribution in [0.5, 0.6) is 0 Å². The second kappa shape index (κ2) is 5.23. The van der Waals surface area contributed by atoms with Crippen LogP contribution in [0.15, 0.2) is 18.3 Å². The third-order valence-electron chi connectivity index (χ3n) is 1.75. The van der Waals surface area contributed by atoms with E-state index in [2.05, 4.69) is 10.3 Å². The standard InChI is InChI=1S/C8H11N3O4/c12-4-6(5-13)10-8-2-1-7(3-9-8)11(14)15/h1-3,6,12-13H,4-5H2,(H,9,10). The van der Waals surface area contributed by atoms with Crippen LogP contribution < -0.4 is 5.32 Å². The van der Waals surface area contributed by atoms with E-state index >= 15 is 0 Å². The largest absolute Gasteiger partial charge is 0.394 e. The normalized spacial score (nSPS) is 10.3. The van der Waals surface area contributed by atoms with Gasteiger partial charge < -0.3 is 15.5 Å². The molecule has 82 valence electrons. The summed E-state index contributed by atoms with van der Waals surface area (Å²) in [4.78, 5) is 13.5. The highest BCUT2D eigenvalue weighted by atomic mass is 16.6. The summed E-state index contributed by atoms with van der Waals surface area (Å²) in [6.07, 6.45) is 1.11. The highest BCUT2D eigenvalue weighted by molar-refractivity contribution is 5.40. The molecule has 0 saturated heterocycles. The molecule has 0 spiro atoms. The van der Waals surface area contributed by atoms with Crippen molar-refractivity contribution in [3.63, 3.8) is 0 Å². The molecule has 0 aliphatic heterocycles. The maximum atomic E-state index is 10.3. The van der Waals surface area contributed by atoms with Crippen molar-refractivity contribution in [3.05, 3.63) is 28.4 Å². The minimum atomic E-state index is -0.549. The van der Waals surface area contributed by atoms with Crippen LogP contribution >= 0.6 is 0 Å². The maximum absolute atomic E-state index is 10.3. The SMILES string of the molecule is O=[N+]([O-])c1ccc(NC(CO)CO)nc1. The Bertz CT molecular complexity index is 323. The van der Waals surface area contributed by atoms with Gasteiger partial charge in [0.25, 0.3) is 5.69 Å². The molecule has 1 aromatic rings. The molecule has 0 amide bonds. The zero-order chi connectivity index (χ0) is 11.3. The average Bonchev–Trinajstić information content (AvgIpc) is 2.26. The number of aromatic nitrogens is 1. The monoisotopic (exact) mass is 213 g/mol. The van der Waals surface area contributed by atoms with E-state index in [0.29, 0.717) is 5.82 Å². The van der Waals surface area contributed by atoms with Gasteiger partial charge in [-0.3, -0.25) is 10.1 Å². The molecular weight excluding hydrogens is 202 g/mol. The van der Waals surface area contributed by atoms with Crippen LogP contribution in [0.3, 0.4) is 0 Å². The Labute approximate surface area is 85.5 Å². The summed E-state index contributed by atoms with van der Waals surface area (Å²) < 4.78 is 0. The topological polar surface area (TPSA) is 109 Å². The molecule has 0 unspecified atom stereocenters.